The summed E-state index contributed by atoms with van der Waals surface area (Å²) in [6, 6.07) is 0. The summed E-state index contributed by atoms with van der Waals surface area (Å²) in [5.41, 5.74) is -0.509. The Morgan fingerprint density at radius 2 is 2.07 bits per heavy atom. The van der Waals surface area contributed by atoms with Crippen LogP contribution in [0.1, 0.15) is 34.1 Å². The van der Waals surface area contributed by atoms with Gasteiger partial charge in [-0.1, -0.05) is 6.08 Å². The van der Waals surface area contributed by atoms with Crippen molar-refractivity contribution in [3.8, 4) is 0 Å². The van der Waals surface area contributed by atoms with Gasteiger partial charge in [-0.25, -0.2) is 0 Å². The quantitative estimate of drug-likeness (QED) is 0.557. The molecule has 0 heterocycles. The molecule has 0 aliphatic heterocycles. The molecule has 3 nitrogen and oxygen atoms in total. The van der Waals surface area contributed by atoms with Gasteiger partial charge in [0, 0.05) is 0 Å². The maximum atomic E-state index is 11.6. The van der Waals surface area contributed by atoms with Crippen molar-refractivity contribution in [1.82, 2.24) is 0 Å². The van der Waals surface area contributed by atoms with E-state index in [1.807, 2.05) is 0 Å². The van der Waals surface area contributed by atoms with Gasteiger partial charge in [0.05, 0.1) is 12.0 Å². The number of aliphatic hydroxyl groups excluding tert-OH is 1. The molecule has 0 saturated carbocycles. The van der Waals surface area contributed by atoms with E-state index >= 15 is 0 Å². The molecule has 3 heteroatoms. The molecule has 0 radical (unpaired) electrons. The molecule has 0 aromatic carbocycles. The smallest absolute Gasteiger partial charge is 0.312 e. The second kappa shape index (κ2) is 5.15. The highest BCUT2D eigenvalue weighted by atomic mass is 16.6. The van der Waals surface area contributed by atoms with Gasteiger partial charge in [-0.15, -0.1) is 6.58 Å². The van der Waals surface area contributed by atoms with E-state index < -0.39 is 17.6 Å². The first kappa shape index (κ1) is 13.2. The van der Waals surface area contributed by atoms with Gasteiger partial charge in [-0.2, -0.15) is 0 Å². The van der Waals surface area contributed by atoms with Gasteiger partial charge in [0.25, 0.3) is 0 Å². The summed E-state index contributed by atoms with van der Waals surface area (Å²) >= 11 is 0. The number of allylic oxidation sites excluding steroid dienone is 1. The summed E-state index contributed by atoms with van der Waals surface area (Å²) < 4.78 is 5.17. The molecule has 0 bridgehead atoms. The number of aliphatic hydroxyl groups is 1. The number of hydrogen-bond donors (Lipinski definition) is 1. The van der Waals surface area contributed by atoms with Crippen LogP contribution in [-0.4, -0.2) is 22.8 Å². The fourth-order valence-corrected chi connectivity index (χ4v) is 1.05. The van der Waals surface area contributed by atoms with Crippen LogP contribution >= 0.6 is 0 Å². The molecule has 0 aliphatic carbocycles. The van der Waals surface area contributed by atoms with Crippen molar-refractivity contribution < 1.29 is 14.6 Å². The number of ether oxygens (including phenoxy) is 1. The summed E-state index contributed by atoms with van der Waals surface area (Å²) in [5.74, 6) is -0.876. The molecule has 0 saturated heterocycles. The number of carbonyl (C=O) groups is 1. The fraction of sp³-hybridized carbons (Fsp3) is 0.727. The Hall–Kier alpha value is -0.830. The molecule has 14 heavy (non-hydrogen) atoms. The molecular weight excluding hydrogens is 180 g/mol. The SMILES string of the molecule is C=CCC(C(=O)OC(C)(C)C)[C@H](C)O. The van der Waals surface area contributed by atoms with E-state index in [4.69, 9.17) is 4.74 Å². The number of carbonyl (C=O) groups excluding carboxylic acids is 1. The predicted molar refractivity (Wildman–Crippen MR) is 55.8 cm³/mol. The minimum Gasteiger partial charge on any atom is -0.460 e. The maximum Gasteiger partial charge on any atom is 0.312 e. The monoisotopic (exact) mass is 200 g/mol. The molecule has 0 fully saturated rings. The average Bonchev–Trinajstić information content (AvgIpc) is 1.95. The minimum absolute atomic E-state index is 0.368. The van der Waals surface area contributed by atoms with Crippen molar-refractivity contribution in [3.05, 3.63) is 12.7 Å². The van der Waals surface area contributed by atoms with Crippen LogP contribution in [0.5, 0.6) is 0 Å². The summed E-state index contributed by atoms with van der Waals surface area (Å²) in [4.78, 5) is 11.6. The predicted octanol–water partition coefficient (Wildman–Crippen LogP) is 1.90. The van der Waals surface area contributed by atoms with Crippen LogP contribution in [0, 0.1) is 5.92 Å². The van der Waals surface area contributed by atoms with Crippen molar-refractivity contribution in [2.75, 3.05) is 0 Å². The third-order valence-electron chi connectivity index (χ3n) is 1.71. The van der Waals surface area contributed by atoms with Crippen LogP contribution < -0.4 is 0 Å². The molecule has 0 rings (SSSR count). The van der Waals surface area contributed by atoms with E-state index in [1.54, 1.807) is 33.8 Å². The van der Waals surface area contributed by atoms with Crippen LogP contribution in [0.4, 0.5) is 0 Å². The topological polar surface area (TPSA) is 46.5 Å². The third kappa shape index (κ3) is 5.02. The molecule has 0 amide bonds. The highest BCUT2D eigenvalue weighted by Gasteiger charge is 2.27. The average molecular weight is 200 g/mol. The summed E-state index contributed by atoms with van der Waals surface area (Å²) in [7, 11) is 0. The van der Waals surface area contributed by atoms with Crippen molar-refractivity contribution in [1.29, 1.82) is 0 Å². The van der Waals surface area contributed by atoms with Crippen molar-refractivity contribution in [2.45, 2.75) is 45.8 Å². The number of esters is 1. The standard InChI is InChI=1S/C11H20O3/c1-6-7-9(8(2)12)10(13)14-11(3,4)5/h6,8-9,12H,1,7H2,2-5H3/t8-,9?/m0/s1. The van der Waals surface area contributed by atoms with Crippen LogP contribution in [0.3, 0.4) is 0 Å². The van der Waals surface area contributed by atoms with Crippen LogP contribution in [0.15, 0.2) is 12.7 Å². The van der Waals surface area contributed by atoms with Gasteiger partial charge < -0.3 is 9.84 Å². The van der Waals surface area contributed by atoms with Crippen molar-refractivity contribution in [3.63, 3.8) is 0 Å². The Morgan fingerprint density at radius 1 is 1.57 bits per heavy atom. The Labute approximate surface area is 85.8 Å². The minimum atomic E-state index is -0.706. The molecule has 0 aromatic heterocycles. The van der Waals surface area contributed by atoms with E-state index in [0.29, 0.717) is 6.42 Å². The van der Waals surface area contributed by atoms with E-state index in [1.165, 1.54) is 0 Å². The third-order valence-corrected chi connectivity index (χ3v) is 1.71. The number of hydrogen-bond acceptors (Lipinski definition) is 3. The Kier molecular flexibility index (Phi) is 4.85. The van der Waals surface area contributed by atoms with Crippen molar-refractivity contribution >= 4 is 5.97 Å². The largest absolute Gasteiger partial charge is 0.460 e. The molecule has 0 spiro atoms. The Morgan fingerprint density at radius 3 is 2.36 bits per heavy atom. The zero-order valence-electron chi connectivity index (χ0n) is 9.41. The first-order chi connectivity index (χ1) is 6.28. The highest BCUT2D eigenvalue weighted by Crippen LogP contribution is 2.16. The lowest BCUT2D eigenvalue weighted by molar-refractivity contribution is -0.163. The second-order valence-corrected chi connectivity index (χ2v) is 4.40. The van der Waals surface area contributed by atoms with Gasteiger partial charge in [0.1, 0.15) is 5.60 Å². The van der Waals surface area contributed by atoms with E-state index in [9.17, 15) is 9.90 Å². The molecule has 0 aromatic rings. The van der Waals surface area contributed by atoms with Gasteiger partial charge in [-0.05, 0) is 34.1 Å². The van der Waals surface area contributed by atoms with E-state index in [0.717, 1.165) is 0 Å². The van der Waals surface area contributed by atoms with E-state index in [2.05, 4.69) is 6.58 Å². The van der Waals surface area contributed by atoms with Gasteiger partial charge in [-0.3, -0.25) is 4.79 Å². The van der Waals surface area contributed by atoms with Crippen LogP contribution in [0.2, 0.25) is 0 Å². The Balaban J connectivity index is 4.37. The number of rotatable bonds is 4. The summed E-state index contributed by atoms with van der Waals surface area (Å²) in [6.45, 7) is 10.5. The molecule has 82 valence electrons. The Bertz CT molecular complexity index is 201. The first-order valence-electron chi connectivity index (χ1n) is 4.79. The van der Waals surface area contributed by atoms with E-state index in [-0.39, 0.29) is 5.97 Å². The summed E-state index contributed by atoms with van der Waals surface area (Å²) in [5, 5.41) is 9.36. The maximum absolute atomic E-state index is 11.6. The second-order valence-electron chi connectivity index (χ2n) is 4.40. The first-order valence-corrected chi connectivity index (χ1v) is 4.79. The summed E-state index contributed by atoms with van der Waals surface area (Å²) in [6.07, 6.45) is 1.34. The zero-order chi connectivity index (χ0) is 11.4. The molecule has 0 aliphatic rings. The highest BCUT2D eigenvalue weighted by molar-refractivity contribution is 5.73. The van der Waals surface area contributed by atoms with Gasteiger partial charge in [0.2, 0.25) is 0 Å². The molecule has 2 atom stereocenters. The van der Waals surface area contributed by atoms with Crippen LogP contribution in [0.25, 0.3) is 0 Å². The fourth-order valence-electron chi connectivity index (χ4n) is 1.05. The molecular formula is C11H20O3. The van der Waals surface area contributed by atoms with Crippen LogP contribution in [-0.2, 0) is 9.53 Å². The van der Waals surface area contributed by atoms with Gasteiger partial charge in [0.15, 0.2) is 0 Å². The lowest BCUT2D eigenvalue weighted by Gasteiger charge is -2.24. The lowest BCUT2D eigenvalue weighted by atomic mass is 9.99. The van der Waals surface area contributed by atoms with Gasteiger partial charge >= 0.3 is 5.97 Å². The normalized spacial score (nSPS) is 15.8. The van der Waals surface area contributed by atoms with Crippen molar-refractivity contribution in [2.24, 2.45) is 5.92 Å². The lowest BCUT2D eigenvalue weighted by Crippen LogP contribution is -2.33. The zero-order valence-corrected chi connectivity index (χ0v) is 9.41. The molecule has 1 unspecified atom stereocenters. The molecule has 1 N–H and O–H groups in total.